The van der Waals surface area contributed by atoms with Crippen molar-refractivity contribution in [3.63, 3.8) is 0 Å². The van der Waals surface area contributed by atoms with E-state index in [0.717, 1.165) is 12.0 Å². The van der Waals surface area contributed by atoms with Crippen molar-refractivity contribution in [3.8, 4) is 5.75 Å². The summed E-state index contributed by atoms with van der Waals surface area (Å²) in [5.74, 6) is -0.0551. The minimum absolute atomic E-state index is 0.241. The fourth-order valence-corrected chi connectivity index (χ4v) is 3.34. The highest BCUT2D eigenvalue weighted by atomic mass is 16.5. The Morgan fingerprint density at radius 3 is 2.24 bits per heavy atom. The first kappa shape index (κ1) is 20.4. The molecule has 0 spiro atoms. The number of carbonyl (C=O) groups is 2. The smallest absolute Gasteiger partial charge is 0.340 e. The predicted octanol–water partition coefficient (Wildman–Crippen LogP) is 4.52. The molecule has 0 radical (unpaired) electrons. The molecule has 2 aromatic rings. The summed E-state index contributed by atoms with van der Waals surface area (Å²) in [5, 5.41) is 0. The van der Waals surface area contributed by atoms with Gasteiger partial charge in [0.05, 0.1) is 24.9 Å². The van der Waals surface area contributed by atoms with E-state index in [1.807, 2.05) is 24.3 Å². The van der Waals surface area contributed by atoms with E-state index in [-0.39, 0.29) is 12.5 Å². The normalized spacial score (nSPS) is 15.2. The molecule has 1 amide bonds. The second-order valence-corrected chi connectivity index (χ2v) is 6.67. The second-order valence-electron chi connectivity index (χ2n) is 6.67. The van der Waals surface area contributed by atoms with Crippen LogP contribution in [-0.4, -0.2) is 25.6 Å². The molecule has 0 atom stereocenters. The van der Waals surface area contributed by atoms with Crippen LogP contribution < -0.4 is 9.64 Å². The fourth-order valence-electron chi connectivity index (χ4n) is 3.34. The number of nitrogens with zero attached hydrogens (tertiary/aromatic N) is 1. The van der Waals surface area contributed by atoms with Gasteiger partial charge in [0, 0.05) is 11.4 Å². The maximum Gasteiger partial charge on any atom is 0.340 e. The number of allylic oxidation sites excluding steroid dienone is 1. The standard InChI is InChI=1S/C24H25NO4/c1-5-17-7-9-18(10-8-17)15-21-22(24(27)29-6-2)16(3)25(23(21)26)19-11-13-20(28-4)14-12-19/h7-15H,5-6H2,1-4H3/b21-15-. The molecule has 1 aliphatic heterocycles. The first-order valence-corrected chi connectivity index (χ1v) is 9.67. The van der Waals surface area contributed by atoms with Crippen LogP contribution in [0, 0.1) is 0 Å². The van der Waals surface area contributed by atoms with Crippen LogP contribution in [0.1, 0.15) is 31.9 Å². The summed E-state index contributed by atoms with van der Waals surface area (Å²) in [7, 11) is 1.59. The van der Waals surface area contributed by atoms with Crippen molar-refractivity contribution in [2.24, 2.45) is 0 Å². The molecule has 1 aliphatic rings. The highest BCUT2D eigenvalue weighted by molar-refractivity contribution is 6.23. The van der Waals surface area contributed by atoms with Crippen molar-refractivity contribution in [1.29, 1.82) is 0 Å². The molecule has 0 aliphatic carbocycles. The van der Waals surface area contributed by atoms with Gasteiger partial charge in [0.1, 0.15) is 5.75 Å². The monoisotopic (exact) mass is 391 g/mol. The lowest BCUT2D eigenvalue weighted by Crippen LogP contribution is -2.24. The van der Waals surface area contributed by atoms with Crippen molar-refractivity contribution in [2.45, 2.75) is 27.2 Å². The van der Waals surface area contributed by atoms with Crippen molar-refractivity contribution >= 4 is 23.6 Å². The quantitative estimate of drug-likeness (QED) is 0.536. The predicted molar refractivity (Wildman–Crippen MR) is 114 cm³/mol. The maximum absolute atomic E-state index is 13.3. The average molecular weight is 391 g/mol. The number of anilines is 1. The molecule has 5 nitrogen and oxygen atoms in total. The van der Waals surface area contributed by atoms with Crippen LogP contribution in [0.25, 0.3) is 6.08 Å². The molecule has 0 aromatic heterocycles. The number of carbonyl (C=O) groups excluding carboxylic acids is 2. The lowest BCUT2D eigenvalue weighted by Gasteiger charge is -2.18. The third-order valence-electron chi connectivity index (χ3n) is 4.91. The van der Waals surface area contributed by atoms with Crippen LogP contribution in [0.4, 0.5) is 5.69 Å². The molecule has 0 saturated carbocycles. The van der Waals surface area contributed by atoms with E-state index < -0.39 is 5.97 Å². The SMILES string of the molecule is CCOC(=O)C1=C(C)N(c2ccc(OC)cc2)C(=O)/C1=C\c1ccc(CC)cc1. The summed E-state index contributed by atoms with van der Waals surface area (Å²) < 4.78 is 10.4. The largest absolute Gasteiger partial charge is 0.497 e. The molecule has 0 saturated heterocycles. The van der Waals surface area contributed by atoms with E-state index >= 15 is 0 Å². The number of rotatable bonds is 6. The molecule has 0 unspecified atom stereocenters. The summed E-state index contributed by atoms with van der Waals surface area (Å²) in [4.78, 5) is 27.5. The van der Waals surface area contributed by atoms with Gasteiger partial charge >= 0.3 is 5.97 Å². The van der Waals surface area contributed by atoms with Gasteiger partial charge in [-0.25, -0.2) is 4.79 Å². The molecule has 0 N–H and O–H groups in total. The van der Waals surface area contributed by atoms with Gasteiger partial charge in [0.25, 0.3) is 5.91 Å². The molecule has 0 bridgehead atoms. The number of methoxy groups -OCH3 is 1. The van der Waals surface area contributed by atoms with Gasteiger partial charge in [-0.15, -0.1) is 0 Å². The Kier molecular flexibility index (Phi) is 6.17. The van der Waals surface area contributed by atoms with Gasteiger partial charge in [-0.3, -0.25) is 9.69 Å². The van der Waals surface area contributed by atoms with Gasteiger partial charge < -0.3 is 9.47 Å². The minimum atomic E-state index is -0.495. The molecule has 5 heteroatoms. The molecular weight excluding hydrogens is 366 g/mol. The first-order valence-electron chi connectivity index (χ1n) is 9.67. The number of amides is 1. The van der Waals surface area contributed by atoms with Crippen molar-refractivity contribution in [3.05, 3.63) is 76.5 Å². The van der Waals surface area contributed by atoms with E-state index in [4.69, 9.17) is 9.47 Å². The zero-order valence-electron chi connectivity index (χ0n) is 17.2. The highest BCUT2D eigenvalue weighted by Crippen LogP contribution is 2.36. The lowest BCUT2D eigenvalue weighted by molar-refractivity contribution is -0.138. The van der Waals surface area contributed by atoms with E-state index in [0.29, 0.717) is 28.3 Å². The molecule has 150 valence electrons. The Bertz CT molecular complexity index is 969. The van der Waals surface area contributed by atoms with Crippen LogP contribution in [-0.2, 0) is 20.7 Å². The summed E-state index contributed by atoms with van der Waals surface area (Å²) in [5.41, 5.74) is 3.92. The highest BCUT2D eigenvalue weighted by Gasteiger charge is 2.38. The van der Waals surface area contributed by atoms with E-state index in [1.165, 1.54) is 10.5 Å². The molecular formula is C24H25NO4. The molecule has 1 heterocycles. The van der Waals surface area contributed by atoms with Crippen LogP contribution in [0.2, 0.25) is 0 Å². The second kappa shape index (κ2) is 8.78. The molecule has 3 rings (SSSR count). The molecule has 29 heavy (non-hydrogen) atoms. The van der Waals surface area contributed by atoms with Gasteiger partial charge in [0.2, 0.25) is 0 Å². The summed E-state index contributed by atoms with van der Waals surface area (Å²) in [6.07, 6.45) is 2.69. The number of hydrogen-bond donors (Lipinski definition) is 0. The Hall–Kier alpha value is -3.34. The van der Waals surface area contributed by atoms with Crippen molar-refractivity contribution < 1.29 is 19.1 Å². The van der Waals surface area contributed by atoms with Crippen LogP contribution in [0.3, 0.4) is 0 Å². The van der Waals surface area contributed by atoms with E-state index in [1.54, 1.807) is 51.3 Å². The first-order chi connectivity index (χ1) is 14.0. The zero-order chi connectivity index (χ0) is 21.0. The number of ether oxygens (including phenoxy) is 2. The fraction of sp³-hybridized carbons (Fsp3) is 0.250. The zero-order valence-corrected chi connectivity index (χ0v) is 17.2. The third kappa shape index (κ3) is 4.09. The summed E-state index contributed by atoms with van der Waals surface area (Å²) in [6, 6.07) is 15.1. The van der Waals surface area contributed by atoms with Gasteiger partial charge in [-0.05, 0) is 61.7 Å². The Morgan fingerprint density at radius 2 is 1.69 bits per heavy atom. The summed E-state index contributed by atoms with van der Waals surface area (Å²) >= 11 is 0. The number of esters is 1. The Balaban J connectivity index is 2.07. The van der Waals surface area contributed by atoms with Crippen LogP contribution >= 0.6 is 0 Å². The van der Waals surface area contributed by atoms with Gasteiger partial charge in [-0.2, -0.15) is 0 Å². The topological polar surface area (TPSA) is 55.8 Å². The van der Waals surface area contributed by atoms with Gasteiger partial charge in [-0.1, -0.05) is 31.2 Å². The third-order valence-corrected chi connectivity index (χ3v) is 4.91. The number of aryl methyl sites for hydroxylation is 1. The number of hydrogen-bond acceptors (Lipinski definition) is 4. The number of benzene rings is 2. The average Bonchev–Trinajstić information content (AvgIpc) is 2.98. The Morgan fingerprint density at radius 1 is 1.03 bits per heavy atom. The molecule has 0 fully saturated rings. The maximum atomic E-state index is 13.3. The van der Waals surface area contributed by atoms with Crippen LogP contribution in [0.15, 0.2) is 65.4 Å². The van der Waals surface area contributed by atoms with Crippen molar-refractivity contribution in [2.75, 3.05) is 18.6 Å². The van der Waals surface area contributed by atoms with Gasteiger partial charge in [0.15, 0.2) is 0 Å². The lowest BCUT2D eigenvalue weighted by atomic mass is 10.0. The van der Waals surface area contributed by atoms with E-state index in [2.05, 4.69) is 6.92 Å². The van der Waals surface area contributed by atoms with E-state index in [9.17, 15) is 9.59 Å². The molecule has 2 aromatic carbocycles. The Labute approximate surface area is 171 Å². The summed E-state index contributed by atoms with van der Waals surface area (Å²) in [6.45, 7) is 5.84. The van der Waals surface area contributed by atoms with Crippen LogP contribution in [0.5, 0.6) is 5.75 Å². The van der Waals surface area contributed by atoms with Crippen molar-refractivity contribution in [1.82, 2.24) is 0 Å². The minimum Gasteiger partial charge on any atom is -0.497 e.